The lowest BCUT2D eigenvalue weighted by Crippen LogP contribution is -1.92. The van der Waals surface area contributed by atoms with Gasteiger partial charge >= 0.3 is 0 Å². The van der Waals surface area contributed by atoms with E-state index in [4.69, 9.17) is 11.5 Å². The maximum atomic E-state index is 9.33. The van der Waals surface area contributed by atoms with Crippen LogP contribution in [-0.2, 0) is 0 Å². The lowest BCUT2D eigenvalue weighted by molar-refractivity contribution is 1.47. The molecule has 0 amide bonds. The van der Waals surface area contributed by atoms with Gasteiger partial charge in [-0.1, -0.05) is 0 Å². The predicted molar refractivity (Wildman–Crippen MR) is 72.8 cm³/mol. The van der Waals surface area contributed by atoms with Gasteiger partial charge in [-0.05, 0) is 36.4 Å². The number of nitrogen functional groups attached to an aromatic ring is 2. The second-order valence-corrected chi connectivity index (χ2v) is 4.15. The van der Waals surface area contributed by atoms with Crippen LogP contribution in [0.2, 0.25) is 0 Å². The third-order valence-corrected chi connectivity index (χ3v) is 2.93. The second kappa shape index (κ2) is 3.60. The molecule has 0 saturated carbocycles. The fourth-order valence-corrected chi connectivity index (χ4v) is 2.10. The van der Waals surface area contributed by atoms with Crippen LogP contribution >= 0.6 is 0 Å². The van der Waals surface area contributed by atoms with Gasteiger partial charge in [0.1, 0.15) is 6.07 Å². The lowest BCUT2D eigenvalue weighted by Gasteiger charge is -2.06. The van der Waals surface area contributed by atoms with Crippen molar-refractivity contribution in [3.63, 3.8) is 0 Å². The standard InChI is InChI=1S/C14H10N4/c15-7-12-10-3-1-8(16)5-13(10)18-14-6-9(17)2-4-11(12)14/h1-6H,16-17H2. The Balaban J connectivity index is 2.57. The first-order valence-electron chi connectivity index (χ1n) is 5.47. The van der Waals surface area contributed by atoms with Crippen molar-refractivity contribution >= 4 is 33.2 Å². The van der Waals surface area contributed by atoms with Gasteiger partial charge in [-0.15, -0.1) is 0 Å². The van der Waals surface area contributed by atoms with Crippen molar-refractivity contribution < 1.29 is 0 Å². The highest BCUT2D eigenvalue weighted by molar-refractivity contribution is 6.01. The minimum absolute atomic E-state index is 0.606. The Morgan fingerprint density at radius 1 is 0.889 bits per heavy atom. The number of aromatic nitrogens is 1. The smallest absolute Gasteiger partial charge is 0.101 e. The van der Waals surface area contributed by atoms with Crippen LogP contribution in [0.4, 0.5) is 11.4 Å². The van der Waals surface area contributed by atoms with Gasteiger partial charge in [-0.2, -0.15) is 5.26 Å². The van der Waals surface area contributed by atoms with Crippen molar-refractivity contribution in [2.75, 3.05) is 11.5 Å². The summed E-state index contributed by atoms with van der Waals surface area (Å²) in [5.41, 5.74) is 14.8. The highest BCUT2D eigenvalue weighted by atomic mass is 14.7. The SMILES string of the molecule is N#Cc1c2ccc(N)cc2nc2cc(N)ccc12. The molecule has 1 aromatic heterocycles. The fourth-order valence-electron chi connectivity index (χ4n) is 2.10. The first-order chi connectivity index (χ1) is 8.69. The molecule has 3 aromatic rings. The van der Waals surface area contributed by atoms with Gasteiger partial charge < -0.3 is 11.5 Å². The molecule has 18 heavy (non-hydrogen) atoms. The first kappa shape index (κ1) is 10.4. The zero-order valence-corrected chi connectivity index (χ0v) is 9.51. The van der Waals surface area contributed by atoms with Crippen LogP contribution in [0.15, 0.2) is 36.4 Å². The molecule has 0 aliphatic rings. The largest absolute Gasteiger partial charge is 0.399 e. The summed E-state index contributed by atoms with van der Waals surface area (Å²) in [5.74, 6) is 0. The molecule has 0 aliphatic heterocycles. The van der Waals surface area contributed by atoms with Crippen molar-refractivity contribution in [2.45, 2.75) is 0 Å². The molecular weight excluding hydrogens is 224 g/mol. The van der Waals surface area contributed by atoms with Gasteiger partial charge in [0.2, 0.25) is 0 Å². The number of hydrogen-bond acceptors (Lipinski definition) is 4. The van der Waals surface area contributed by atoms with E-state index in [1.54, 1.807) is 24.3 Å². The number of rotatable bonds is 0. The Kier molecular flexibility index (Phi) is 2.07. The van der Waals surface area contributed by atoms with Gasteiger partial charge in [-0.3, -0.25) is 0 Å². The molecule has 2 aromatic carbocycles. The molecular formula is C14H10N4. The Labute approximate surface area is 103 Å². The van der Waals surface area contributed by atoms with E-state index in [1.165, 1.54) is 0 Å². The minimum atomic E-state index is 0.606. The zero-order chi connectivity index (χ0) is 12.7. The fraction of sp³-hybridized carbons (Fsp3) is 0. The van der Waals surface area contributed by atoms with E-state index in [2.05, 4.69) is 11.1 Å². The van der Waals surface area contributed by atoms with E-state index in [9.17, 15) is 5.26 Å². The van der Waals surface area contributed by atoms with Crippen molar-refractivity contribution in [2.24, 2.45) is 0 Å². The number of nitriles is 1. The summed E-state index contributed by atoms with van der Waals surface area (Å²) in [5, 5.41) is 11.0. The first-order valence-corrected chi connectivity index (χ1v) is 5.47. The number of nitrogens with two attached hydrogens (primary N) is 2. The molecule has 0 unspecified atom stereocenters. The van der Waals surface area contributed by atoms with E-state index < -0.39 is 0 Å². The Morgan fingerprint density at radius 2 is 1.39 bits per heavy atom. The number of hydrogen-bond donors (Lipinski definition) is 2. The number of fused-ring (bicyclic) bond motifs is 2. The van der Waals surface area contributed by atoms with Crippen LogP contribution in [0.25, 0.3) is 21.8 Å². The minimum Gasteiger partial charge on any atom is -0.399 e. The molecule has 1 heterocycles. The molecule has 4 N–H and O–H groups in total. The monoisotopic (exact) mass is 234 g/mol. The molecule has 0 fully saturated rings. The second-order valence-electron chi connectivity index (χ2n) is 4.15. The van der Waals surface area contributed by atoms with E-state index in [0.717, 1.165) is 10.8 Å². The summed E-state index contributed by atoms with van der Waals surface area (Å²) < 4.78 is 0. The van der Waals surface area contributed by atoms with E-state index >= 15 is 0 Å². The number of pyridine rings is 1. The van der Waals surface area contributed by atoms with Gasteiger partial charge in [-0.25, -0.2) is 4.98 Å². The molecule has 0 aliphatic carbocycles. The molecule has 0 bridgehead atoms. The zero-order valence-electron chi connectivity index (χ0n) is 9.51. The number of benzene rings is 2. The topological polar surface area (TPSA) is 88.7 Å². The van der Waals surface area contributed by atoms with Gasteiger partial charge in [0.05, 0.1) is 16.6 Å². The Bertz CT molecular complexity index is 755. The van der Waals surface area contributed by atoms with Crippen LogP contribution in [0.3, 0.4) is 0 Å². The van der Waals surface area contributed by atoms with Crippen LogP contribution in [0, 0.1) is 11.3 Å². The Morgan fingerprint density at radius 3 is 1.83 bits per heavy atom. The van der Waals surface area contributed by atoms with Crippen molar-refractivity contribution in [3.05, 3.63) is 42.0 Å². The van der Waals surface area contributed by atoms with E-state index in [0.29, 0.717) is 28.0 Å². The summed E-state index contributed by atoms with van der Waals surface area (Å²) in [6.07, 6.45) is 0. The average Bonchev–Trinajstić information content (AvgIpc) is 2.35. The Hall–Kier alpha value is -2.80. The summed E-state index contributed by atoms with van der Waals surface area (Å²) in [6.45, 7) is 0. The highest BCUT2D eigenvalue weighted by Crippen LogP contribution is 2.27. The summed E-state index contributed by atoms with van der Waals surface area (Å²) in [6, 6.07) is 13.0. The average molecular weight is 234 g/mol. The third-order valence-electron chi connectivity index (χ3n) is 2.93. The molecule has 0 spiro atoms. The van der Waals surface area contributed by atoms with Crippen molar-refractivity contribution in [3.8, 4) is 6.07 Å². The highest BCUT2D eigenvalue weighted by Gasteiger charge is 2.09. The van der Waals surface area contributed by atoms with Gasteiger partial charge in [0.15, 0.2) is 0 Å². The predicted octanol–water partition coefficient (Wildman–Crippen LogP) is 2.42. The lowest BCUT2D eigenvalue weighted by atomic mass is 10.0. The van der Waals surface area contributed by atoms with Crippen LogP contribution in [0.1, 0.15) is 5.56 Å². The van der Waals surface area contributed by atoms with Crippen LogP contribution < -0.4 is 11.5 Å². The summed E-state index contributed by atoms with van der Waals surface area (Å²) in [7, 11) is 0. The third kappa shape index (κ3) is 1.42. The molecule has 4 nitrogen and oxygen atoms in total. The van der Waals surface area contributed by atoms with Crippen molar-refractivity contribution in [1.82, 2.24) is 4.98 Å². The van der Waals surface area contributed by atoms with Gasteiger partial charge in [0, 0.05) is 22.1 Å². The molecule has 0 atom stereocenters. The van der Waals surface area contributed by atoms with Crippen LogP contribution in [0.5, 0.6) is 0 Å². The molecule has 4 heteroatoms. The maximum absolute atomic E-state index is 9.33. The van der Waals surface area contributed by atoms with Gasteiger partial charge in [0.25, 0.3) is 0 Å². The summed E-state index contributed by atoms with van der Waals surface area (Å²) in [4.78, 5) is 4.50. The van der Waals surface area contributed by atoms with E-state index in [1.807, 2.05) is 12.1 Å². The normalized spacial score (nSPS) is 10.6. The summed E-state index contributed by atoms with van der Waals surface area (Å²) >= 11 is 0. The quantitative estimate of drug-likeness (QED) is 0.461. The molecule has 0 saturated heterocycles. The molecule has 86 valence electrons. The number of nitrogens with zero attached hydrogens (tertiary/aromatic N) is 2. The molecule has 0 radical (unpaired) electrons. The molecule has 3 rings (SSSR count). The maximum Gasteiger partial charge on any atom is 0.101 e. The number of anilines is 2. The van der Waals surface area contributed by atoms with E-state index in [-0.39, 0.29) is 0 Å². The van der Waals surface area contributed by atoms with Crippen LogP contribution in [-0.4, -0.2) is 4.98 Å². The van der Waals surface area contributed by atoms with Crippen molar-refractivity contribution in [1.29, 1.82) is 5.26 Å².